The molecule has 5 nitrogen and oxygen atoms in total. The highest BCUT2D eigenvalue weighted by molar-refractivity contribution is 7.99. The van der Waals surface area contributed by atoms with Crippen LogP contribution in [0.25, 0.3) is 0 Å². The molecule has 1 aromatic carbocycles. The number of hydrogen-bond donors (Lipinski definition) is 2. The summed E-state index contributed by atoms with van der Waals surface area (Å²) in [6.45, 7) is 8.03. The lowest BCUT2D eigenvalue weighted by molar-refractivity contribution is -0.124. The molecule has 1 aromatic rings. The molecule has 0 bridgehead atoms. The Bertz CT molecular complexity index is 540. The number of carbonyl (C=O) groups excluding carboxylic acids is 2. The Morgan fingerprint density at radius 2 is 1.79 bits per heavy atom. The second-order valence-electron chi connectivity index (χ2n) is 6.28. The largest absolute Gasteiger partial charge is 0.352 e. The molecule has 1 aliphatic heterocycles. The van der Waals surface area contributed by atoms with E-state index in [1.54, 1.807) is 0 Å². The zero-order chi connectivity index (χ0) is 17.4. The highest BCUT2D eigenvalue weighted by Crippen LogP contribution is 2.08. The van der Waals surface area contributed by atoms with Crippen molar-refractivity contribution >= 4 is 23.6 Å². The summed E-state index contributed by atoms with van der Waals surface area (Å²) >= 11 is 1.99. The van der Waals surface area contributed by atoms with Crippen LogP contribution in [0.1, 0.15) is 29.8 Å². The van der Waals surface area contributed by atoms with Crippen molar-refractivity contribution < 1.29 is 9.59 Å². The first kappa shape index (κ1) is 18.8. The standard InChI is InChI=1S/C18H27N3O2S/c1-14(2)17(22)20-13-15-3-5-16(6-4-15)18(23)19-7-8-21-9-11-24-12-10-21/h3-6,14H,7-13H2,1-2H3,(H,19,23)(H,20,22). The van der Waals surface area contributed by atoms with Gasteiger partial charge in [0.05, 0.1) is 0 Å². The first-order valence-corrected chi connectivity index (χ1v) is 9.66. The normalized spacial score (nSPS) is 15.3. The molecule has 0 saturated carbocycles. The topological polar surface area (TPSA) is 61.4 Å². The third-order valence-corrected chi connectivity index (χ3v) is 4.97. The Morgan fingerprint density at radius 3 is 2.42 bits per heavy atom. The Kier molecular flexibility index (Phi) is 7.59. The van der Waals surface area contributed by atoms with Crippen molar-refractivity contribution in [3.05, 3.63) is 35.4 Å². The highest BCUT2D eigenvalue weighted by Gasteiger charge is 2.11. The lowest BCUT2D eigenvalue weighted by Gasteiger charge is -2.25. The van der Waals surface area contributed by atoms with Gasteiger partial charge in [-0.05, 0) is 17.7 Å². The lowest BCUT2D eigenvalue weighted by atomic mass is 10.1. The van der Waals surface area contributed by atoms with E-state index < -0.39 is 0 Å². The molecule has 0 aliphatic carbocycles. The fourth-order valence-electron chi connectivity index (χ4n) is 2.42. The van der Waals surface area contributed by atoms with Crippen LogP contribution in [-0.4, -0.2) is 54.4 Å². The van der Waals surface area contributed by atoms with Gasteiger partial charge < -0.3 is 10.6 Å². The van der Waals surface area contributed by atoms with E-state index in [-0.39, 0.29) is 17.7 Å². The van der Waals surface area contributed by atoms with E-state index in [9.17, 15) is 9.59 Å². The van der Waals surface area contributed by atoms with Crippen LogP contribution in [0.5, 0.6) is 0 Å². The van der Waals surface area contributed by atoms with Gasteiger partial charge in [-0.1, -0.05) is 26.0 Å². The van der Waals surface area contributed by atoms with Crippen molar-refractivity contribution in [3.8, 4) is 0 Å². The second kappa shape index (κ2) is 9.69. The van der Waals surface area contributed by atoms with Crippen molar-refractivity contribution in [3.63, 3.8) is 0 Å². The fourth-order valence-corrected chi connectivity index (χ4v) is 3.40. The lowest BCUT2D eigenvalue weighted by Crippen LogP contribution is -2.39. The predicted octanol–water partition coefficient (Wildman–Crippen LogP) is 1.74. The number of nitrogens with one attached hydrogen (secondary N) is 2. The van der Waals surface area contributed by atoms with Crippen LogP contribution in [0.15, 0.2) is 24.3 Å². The average molecular weight is 350 g/mol. The molecule has 1 aliphatic rings. The number of hydrogen-bond acceptors (Lipinski definition) is 4. The third-order valence-electron chi connectivity index (χ3n) is 4.02. The number of nitrogens with zero attached hydrogens (tertiary/aromatic N) is 1. The van der Waals surface area contributed by atoms with Gasteiger partial charge in [0.2, 0.25) is 5.91 Å². The molecule has 6 heteroatoms. The van der Waals surface area contributed by atoms with Gasteiger partial charge in [-0.2, -0.15) is 11.8 Å². The van der Waals surface area contributed by atoms with E-state index in [0.29, 0.717) is 18.7 Å². The minimum absolute atomic E-state index is 0.0199. The van der Waals surface area contributed by atoms with Gasteiger partial charge in [0.25, 0.3) is 5.91 Å². The zero-order valence-corrected chi connectivity index (χ0v) is 15.3. The van der Waals surface area contributed by atoms with Gasteiger partial charge in [-0.3, -0.25) is 14.5 Å². The quantitative estimate of drug-likeness (QED) is 0.787. The Hall–Kier alpha value is -1.53. The molecule has 0 aromatic heterocycles. The summed E-state index contributed by atoms with van der Waals surface area (Å²) in [6.07, 6.45) is 0. The maximum atomic E-state index is 12.1. The van der Waals surface area contributed by atoms with Gasteiger partial charge >= 0.3 is 0 Å². The first-order chi connectivity index (χ1) is 11.6. The maximum Gasteiger partial charge on any atom is 0.251 e. The smallest absolute Gasteiger partial charge is 0.251 e. The number of carbonyl (C=O) groups is 2. The molecule has 0 spiro atoms. The molecule has 24 heavy (non-hydrogen) atoms. The predicted molar refractivity (Wildman–Crippen MR) is 99.2 cm³/mol. The summed E-state index contributed by atoms with van der Waals surface area (Å²) < 4.78 is 0. The second-order valence-corrected chi connectivity index (χ2v) is 7.50. The molecule has 132 valence electrons. The van der Waals surface area contributed by atoms with Crippen LogP contribution in [0, 0.1) is 5.92 Å². The van der Waals surface area contributed by atoms with Gasteiger partial charge in [-0.15, -0.1) is 0 Å². The van der Waals surface area contributed by atoms with Crippen molar-refractivity contribution in [2.45, 2.75) is 20.4 Å². The van der Waals surface area contributed by atoms with Gasteiger partial charge in [0, 0.05) is 55.7 Å². The van der Waals surface area contributed by atoms with Gasteiger partial charge in [-0.25, -0.2) is 0 Å². The molecule has 1 fully saturated rings. The molecule has 0 unspecified atom stereocenters. The summed E-state index contributed by atoms with van der Waals surface area (Å²) in [5, 5.41) is 5.84. The van der Waals surface area contributed by atoms with E-state index in [0.717, 1.165) is 25.2 Å². The monoisotopic (exact) mass is 349 g/mol. The molecule has 1 heterocycles. The molecule has 0 radical (unpaired) electrons. The number of benzene rings is 1. The molecule has 2 rings (SSSR count). The number of thioether (sulfide) groups is 1. The van der Waals surface area contributed by atoms with Crippen LogP contribution in [0.4, 0.5) is 0 Å². The zero-order valence-electron chi connectivity index (χ0n) is 14.5. The van der Waals surface area contributed by atoms with E-state index in [1.807, 2.05) is 49.9 Å². The summed E-state index contributed by atoms with van der Waals surface area (Å²) in [4.78, 5) is 26.1. The van der Waals surface area contributed by atoms with E-state index in [4.69, 9.17) is 0 Å². The molecule has 1 saturated heterocycles. The minimum Gasteiger partial charge on any atom is -0.352 e. The van der Waals surface area contributed by atoms with E-state index >= 15 is 0 Å². The minimum atomic E-state index is -0.0425. The molecular formula is C18H27N3O2S. The van der Waals surface area contributed by atoms with Crippen LogP contribution in [0.3, 0.4) is 0 Å². The molecular weight excluding hydrogens is 322 g/mol. The third kappa shape index (κ3) is 6.17. The van der Waals surface area contributed by atoms with Crippen molar-refractivity contribution in [2.75, 3.05) is 37.7 Å². The SMILES string of the molecule is CC(C)C(=O)NCc1ccc(C(=O)NCCN2CCSCC2)cc1. The van der Waals surface area contributed by atoms with Gasteiger partial charge in [0.15, 0.2) is 0 Å². The summed E-state index contributed by atoms with van der Waals surface area (Å²) in [5.74, 6) is 2.34. The molecule has 0 atom stereocenters. The number of amides is 2. The van der Waals surface area contributed by atoms with Crippen LogP contribution in [0.2, 0.25) is 0 Å². The highest BCUT2D eigenvalue weighted by atomic mass is 32.2. The fraction of sp³-hybridized carbons (Fsp3) is 0.556. The molecule has 2 N–H and O–H groups in total. The summed E-state index contributed by atoms with van der Waals surface area (Å²) in [7, 11) is 0. The average Bonchev–Trinajstić information content (AvgIpc) is 2.60. The maximum absolute atomic E-state index is 12.1. The van der Waals surface area contributed by atoms with E-state index in [1.165, 1.54) is 11.5 Å². The van der Waals surface area contributed by atoms with Crippen molar-refractivity contribution in [1.82, 2.24) is 15.5 Å². The van der Waals surface area contributed by atoms with Gasteiger partial charge in [0.1, 0.15) is 0 Å². The molecule has 2 amide bonds. The number of rotatable bonds is 7. The van der Waals surface area contributed by atoms with Crippen LogP contribution >= 0.6 is 11.8 Å². The van der Waals surface area contributed by atoms with E-state index in [2.05, 4.69) is 15.5 Å². The first-order valence-electron chi connectivity index (χ1n) is 8.51. The Morgan fingerprint density at radius 1 is 1.12 bits per heavy atom. The van der Waals surface area contributed by atoms with Crippen molar-refractivity contribution in [2.24, 2.45) is 5.92 Å². The van der Waals surface area contributed by atoms with Crippen LogP contribution in [-0.2, 0) is 11.3 Å². The van der Waals surface area contributed by atoms with Crippen molar-refractivity contribution in [1.29, 1.82) is 0 Å². The summed E-state index contributed by atoms with van der Waals surface area (Å²) in [5.41, 5.74) is 1.65. The summed E-state index contributed by atoms with van der Waals surface area (Å²) in [6, 6.07) is 7.39. The Balaban J connectivity index is 1.73. The van der Waals surface area contributed by atoms with Crippen LogP contribution < -0.4 is 10.6 Å². The Labute approximate surface area is 148 Å².